The summed E-state index contributed by atoms with van der Waals surface area (Å²) in [5.41, 5.74) is -0.716. The predicted octanol–water partition coefficient (Wildman–Crippen LogP) is 4.34. The van der Waals surface area contributed by atoms with Crippen molar-refractivity contribution in [1.82, 2.24) is 0 Å². The fraction of sp³-hybridized carbons (Fsp3) is 0.400. The van der Waals surface area contributed by atoms with E-state index < -0.39 is 28.6 Å². The molecule has 6 nitrogen and oxygen atoms in total. The zero-order chi connectivity index (χ0) is 23.4. The highest BCUT2D eigenvalue weighted by molar-refractivity contribution is 6.52. The van der Waals surface area contributed by atoms with Crippen LogP contribution in [0.4, 0.5) is 0 Å². The quantitative estimate of drug-likeness (QED) is 0.264. The first-order valence-electron chi connectivity index (χ1n) is 10.2. The molecule has 1 aliphatic rings. The summed E-state index contributed by atoms with van der Waals surface area (Å²) >= 11 is 0. The van der Waals surface area contributed by atoms with Crippen LogP contribution in [0.3, 0.4) is 0 Å². The third-order valence-corrected chi connectivity index (χ3v) is 5.31. The molecule has 31 heavy (non-hydrogen) atoms. The zero-order valence-electron chi connectivity index (χ0n) is 18.5. The van der Waals surface area contributed by atoms with E-state index >= 15 is 0 Å². The van der Waals surface area contributed by atoms with E-state index in [1.54, 1.807) is 52.0 Å². The van der Waals surface area contributed by atoms with Gasteiger partial charge in [0.05, 0.1) is 12.2 Å². The van der Waals surface area contributed by atoms with Crippen LogP contribution in [0.25, 0.3) is 5.76 Å². The molecule has 1 aliphatic carbocycles. The van der Waals surface area contributed by atoms with Crippen molar-refractivity contribution in [3.05, 3.63) is 65.3 Å². The molecule has 2 N–H and O–H groups in total. The lowest BCUT2D eigenvalue weighted by molar-refractivity contribution is -0.142. The lowest BCUT2D eigenvalue weighted by Gasteiger charge is -2.27. The Morgan fingerprint density at radius 1 is 1.13 bits per heavy atom. The van der Waals surface area contributed by atoms with Crippen molar-refractivity contribution < 1.29 is 29.3 Å². The monoisotopic (exact) mass is 426 g/mol. The minimum absolute atomic E-state index is 0.00127. The van der Waals surface area contributed by atoms with E-state index in [-0.39, 0.29) is 29.9 Å². The van der Waals surface area contributed by atoms with E-state index in [0.717, 1.165) is 0 Å². The Labute approximate surface area is 182 Å². The van der Waals surface area contributed by atoms with Crippen molar-refractivity contribution >= 4 is 23.3 Å². The standard InChI is InChI=1S/C25H30O6/c1-6-25(5,30)13-9-10-16(2)23(29)31-15-24(3,4)14-19-20(26)17-11-7-8-12-18(17)21(27)22(19)28/h6-8,10-12,26,30H,1,9,13-15H2,2-5H3/t25-/m1/s1. The lowest BCUT2D eigenvalue weighted by atomic mass is 9.79. The first kappa shape index (κ1) is 24.3. The molecule has 0 fully saturated rings. The van der Waals surface area contributed by atoms with Gasteiger partial charge in [0.2, 0.25) is 11.6 Å². The van der Waals surface area contributed by atoms with Gasteiger partial charge >= 0.3 is 5.97 Å². The van der Waals surface area contributed by atoms with Crippen LogP contribution in [0.2, 0.25) is 0 Å². The van der Waals surface area contributed by atoms with Gasteiger partial charge in [-0.25, -0.2) is 4.79 Å². The Morgan fingerprint density at radius 2 is 1.74 bits per heavy atom. The summed E-state index contributed by atoms with van der Waals surface area (Å²) < 4.78 is 5.40. The number of rotatable bonds is 9. The normalized spacial score (nSPS) is 16.6. The van der Waals surface area contributed by atoms with Crippen molar-refractivity contribution in [3.63, 3.8) is 0 Å². The summed E-state index contributed by atoms with van der Waals surface area (Å²) in [5.74, 6) is -2.09. The number of carbonyl (C=O) groups excluding carboxylic acids is 3. The van der Waals surface area contributed by atoms with Crippen LogP contribution >= 0.6 is 0 Å². The highest BCUT2D eigenvalue weighted by Crippen LogP contribution is 2.35. The number of ketones is 2. The number of fused-ring (bicyclic) bond motifs is 1. The van der Waals surface area contributed by atoms with Gasteiger partial charge in [-0.1, -0.05) is 50.3 Å². The van der Waals surface area contributed by atoms with Gasteiger partial charge in [0.25, 0.3) is 0 Å². The second kappa shape index (κ2) is 9.43. The minimum Gasteiger partial charge on any atom is -0.507 e. The number of hydrogen-bond acceptors (Lipinski definition) is 6. The molecule has 6 heteroatoms. The predicted molar refractivity (Wildman–Crippen MR) is 118 cm³/mol. The number of aliphatic hydroxyl groups excluding tert-OH is 1. The topological polar surface area (TPSA) is 101 Å². The van der Waals surface area contributed by atoms with Crippen molar-refractivity contribution in [3.8, 4) is 0 Å². The molecule has 0 spiro atoms. The molecule has 1 aromatic carbocycles. The smallest absolute Gasteiger partial charge is 0.333 e. The van der Waals surface area contributed by atoms with Crippen LogP contribution in [0.5, 0.6) is 0 Å². The summed E-state index contributed by atoms with van der Waals surface area (Å²) in [4.78, 5) is 37.2. The Kier molecular flexibility index (Phi) is 7.39. The number of allylic oxidation sites excluding steroid dienone is 2. The van der Waals surface area contributed by atoms with E-state index in [4.69, 9.17) is 4.74 Å². The third kappa shape index (κ3) is 6.01. The fourth-order valence-corrected chi connectivity index (χ4v) is 3.25. The molecule has 0 bridgehead atoms. The molecule has 0 unspecified atom stereocenters. The van der Waals surface area contributed by atoms with Crippen molar-refractivity contribution in [1.29, 1.82) is 0 Å². The van der Waals surface area contributed by atoms with Crippen LogP contribution < -0.4 is 0 Å². The minimum atomic E-state index is -0.999. The third-order valence-electron chi connectivity index (χ3n) is 5.31. The Morgan fingerprint density at radius 3 is 2.35 bits per heavy atom. The maximum Gasteiger partial charge on any atom is 0.333 e. The summed E-state index contributed by atoms with van der Waals surface area (Å²) in [7, 11) is 0. The molecular formula is C25H30O6. The average molecular weight is 427 g/mol. The molecule has 0 heterocycles. The number of hydrogen-bond donors (Lipinski definition) is 2. The van der Waals surface area contributed by atoms with Gasteiger partial charge in [-0.15, -0.1) is 6.58 Å². The number of carbonyl (C=O) groups is 3. The van der Waals surface area contributed by atoms with Crippen LogP contribution in [0.1, 0.15) is 62.9 Å². The SMILES string of the molecule is C=C[C@@](C)(O)CCC=C(C)C(=O)OCC(C)(C)CC1=C(O)c2ccccc2C(=O)C1=O. The summed E-state index contributed by atoms with van der Waals surface area (Å²) in [6.45, 7) is 10.4. The maximum absolute atomic E-state index is 12.5. The van der Waals surface area contributed by atoms with E-state index in [1.165, 1.54) is 12.1 Å². The van der Waals surface area contributed by atoms with E-state index in [2.05, 4.69) is 6.58 Å². The van der Waals surface area contributed by atoms with Crippen LogP contribution in [-0.4, -0.2) is 40.0 Å². The molecule has 0 saturated heterocycles. The summed E-state index contributed by atoms with van der Waals surface area (Å²) in [5, 5.41) is 20.5. The number of esters is 1. The van der Waals surface area contributed by atoms with Crippen molar-refractivity contribution in [2.75, 3.05) is 6.61 Å². The first-order valence-corrected chi connectivity index (χ1v) is 10.2. The molecule has 1 atom stereocenters. The second-order valence-corrected chi connectivity index (χ2v) is 8.94. The average Bonchev–Trinajstić information content (AvgIpc) is 2.73. The molecule has 0 aliphatic heterocycles. The molecule has 1 aromatic rings. The number of ether oxygens (including phenoxy) is 1. The second-order valence-electron chi connectivity index (χ2n) is 8.94. The molecule has 2 rings (SSSR count). The molecule has 166 valence electrons. The van der Waals surface area contributed by atoms with Gasteiger partial charge in [-0.05, 0) is 33.1 Å². The van der Waals surface area contributed by atoms with Crippen LogP contribution in [0, 0.1) is 5.41 Å². The largest absolute Gasteiger partial charge is 0.507 e. The van der Waals surface area contributed by atoms with Gasteiger partial charge in [0, 0.05) is 27.7 Å². The maximum atomic E-state index is 12.5. The first-order chi connectivity index (χ1) is 14.4. The highest BCUT2D eigenvalue weighted by Gasteiger charge is 2.36. The van der Waals surface area contributed by atoms with E-state index in [0.29, 0.717) is 24.0 Å². The van der Waals surface area contributed by atoms with Crippen LogP contribution in [0.15, 0.2) is 54.1 Å². The van der Waals surface area contributed by atoms with E-state index in [1.807, 2.05) is 0 Å². The van der Waals surface area contributed by atoms with Crippen molar-refractivity contribution in [2.24, 2.45) is 5.41 Å². The Balaban J connectivity index is 2.05. The molecule has 0 radical (unpaired) electrons. The summed E-state index contributed by atoms with van der Waals surface area (Å²) in [6.07, 6.45) is 4.15. The molecule has 0 aromatic heterocycles. The molecule has 0 amide bonds. The molecule has 0 saturated carbocycles. The van der Waals surface area contributed by atoms with Gasteiger partial charge in [0.15, 0.2) is 0 Å². The van der Waals surface area contributed by atoms with Gasteiger partial charge in [0.1, 0.15) is 5.76 Å². The number of benzene rings is 1. The van der Waals surface area contributed by atoms with Gasteiger partial charge in [-0.2, -0.15) is 0 Å². The van der Waals surface area contributed by atoms with Gasteiger partial charge in [-0.3, -0.25) is 9.59 Å². The van der Waals surface area contributed by atoms with E-state index in [9.17, 15) is 24.6 Å². The number of Topliss-reactive ketones (excluding diaryl/α,β-unsaturated/α-hetero) is 2. The number of aliphatic hydroxyl groups is 2. The molecular weight excluding hydrogens is 396 g/mol. The highest BCUT2D eigenvalue weighted by atomic mass is 16.5. The fourth-order valence-electron chi connectivity index (χ4n) is 3.25. The Hall–Kier alpha value is -2.99. The zero-order valence-corrected chi connectivity index (χ0v) is 18.5. The lowest BCUT2D eigenvalue weighted by Crippen LogP contribution is -2.30. The van der Waals surface area contributed by atoms with Crippen molar-refractivity contribution in [2.45, 2.75) is 52.6 Å². The Bertz CT molecular complexity index is 962. The van der Waals surface area contributed by atoms with Gasteiger partial charge < -0.3 is 14.9 Å². The van der Waals surface area contributed by atoms with Crippen LogP contribution in [-0.2, 0) is 14.3 Å². The summed E-state index contributed by atoms with van der Waals surface area (Å²) in [6, 6.07) is 6.44.